The van der Waals surface area contributed by atoms with E-state index in [0.29, 0.717) is 24.4 Å². The molecule has 1 aliphatic heterocycles. The van der Waals surface area contributed by atoms with Crippen LogP contribution in [0.1, 0.15) is 26.0 Å². The number of aromatic nitrogens is 1. The Morgan fingerprint density at radius 1 is 1.44 bits per heavy atom. The normalized spacial score (nSPS) is 17.8. The zero-order valence-electron chi connectivity index (χ0n) is 15.1. The maximum absolute atomic E-state index is 12.2. The number of nitrogens with zero attached hydrogens (tertiary/aromatic N) is 2. The summed E-state index contributed by atoms with van der Waals surface area (Å²) in [7, 11) is 0. The third-order valence-corrected chi connectivity index (χ3v) is 4.59. The summed E-state index contributed by atoms with van der Waals surface area (Å²) in [5.74, 6) is 1.84. The number of carbonyl (C=O) groups excluding carboxylic acids is 1. The number of hydrogen-bond acceptors (Lipinski definition) is 4. The molecule has 134 valence electrons. The molecule has 0 bridgehead atoms. The van der Waals surface area contributed by atoms with Gasteiger partial charge in [0.2, 0.25) is 5.89 Å². The van der Waals surface area contributed by atoms with Crippen molar-refractivity contribution in [3.63, 3.8) is 0 Å². The smallest absolute Gasteiger partial charge is 0.319 e. The highest BCUT2D eigenvalue weighted by atomic mass is 16.4. The molecular formula is C19H26N4O2. The molecule has 6 nitrogen and oxygen atoms in total. The van der Waals surface area contributed by atoms with E-state index in [1.807, 2.05) is 31.2 Å². The number of amides is 2. The van der Waals surface area contributed by atoms with E-state index in [4.69, 9.17) is 4.42 Å². The van der Waals surface area contributed by atoms with Gasteiger partial charge in [0, 0.05) is 30.4 Å². The molecule has 1 fully saturated rings. The Morgan fingerprint density at radius 2 is 2.28 bits per heavy atom. The number of anilines is 1. The van der Waals surface area contributed by atoms with Gasteiger partial charge in [0.05, 0.1) is 6.20 Å². The first kappa shape index (κ1) is 17.5. The number of carbonyl (C=O) groups is 1. The van der Waals surface area contributed by atoms with Gasteiger partial charge in [-0.25, -0.2) is 9.78 Å². The van der Waals surface area contributed by atoms with E-state index in [0.717, 1.165) is 36.5 Å². The van der Waals surface area contributed by atoms with Crippen molar-refractivity contribution in [2.24, 2.45) is 5.92 Å². The van der Waals surface area contributed by atoms with Crippen LogP contribution < -0.4 is 10.6 Å². The van der Waals surface area contributed by atoms with Crippen molar-refractivity contribution in [1.29, 1.82) is 0 Å². The molecule has 0 saturated carbocycles. The quantitative estimate of drug-likeness (QED) is 0.872. The SMILES string of the molecule is Cc1cnc(-c2cccc(NC(=O)NC[C@H]3CCN(C(C)C)C3)c2)o1. The maximum atomic E-state index is 12.2. The predicted octanol–water partition coefficient (Wildman–Crippen LogP) is 3.50. The summed E-state index contributed by atoms with van der Waals surface area (Å²) in [5, 5.41) is 5.86. The molecule has 1 atom stereocenters. The molecule has 1 aliphatic rings. The average Bonchev–Trinajstić information content (AvgIpc) is 3.22. The third kappa shape index (κ3) is 4.60. The van der Waals surface area contributed by atoms with Crippen LogP contribution in [0.15, 0.2) is 34.9 Å². The molecule has 0 unspecified atom stereocenters. The molecular weight excluding hydrogens is 316 g/mol. The van der Waals surface area contributed by atoms with Gasteiger partial charge in [-0.15, -0.1) is 0 Å². The highest BCUT2D eigenvalue weighted by molar-refractivity contribution is 5.89. The number of urea groups is 1. The first-order valence-electron chi connectivity index (χ1n) is 8.83. The lowest BCUT2D eigenvalue weighted by molar-refractivity contribution is 0.247. The molecule has 0 aliphatic carbocycles. The lowest BCUT2D eigenvalue weighted by Crippen LogP contribution is -2.35. The first-order chi connectivity index (χ1) is 12.0. The van der Waals surface area contributed by atoms with Crippen LogP contribution in [0.3, 0.4) is 0 Å². The highest BCUT2D eigenvalue weighted by Crippen LogP contribution is 2.22. The van der Waals surface area contributed by atoms with Gasteiger partial charge in [-0.05, 0) is 57.9 Å². The number of oxazole rings is 1. The molecule has 2 amide bonds. The minimum absolute atomic E-state index is 0.177. The van der Waals surface area contributed by atoms with Crippen LogP contribution in [-0.2, 0) is 0 Å². The molecule has 0 spiro atoms. The van der Waals surface area contributed by atoms with Gasteiger partial charge < -0.3 is 20.0 Å². The minimum Gasteiger partial charge on any atom is -0.441 e. The molecule has 1 aromatic carbocycles. The van der Waals surface area contributed by atoms with E-state index in [9.17, 15) is 4.79 Å². The topological polar surface area (TPSA) is 70.4 Å². The zero-order valence-corrected chi connectivity index (χ0v) is 15.1. The fraction of sp³-hybridized carbons (Fsp3) is 0.474. The van der Waals surface area contributed by atoms with Crippen LogP contribution in [0.4, 0.5) is 10.5 Å². The number of benzene rings is 1. The molecule has 25 heavy (non-hydrogen) atoms. The fourth-order valence-electron chi connectivity index (χ4n) is 3.13. The number of aryl methyl sites for hydroxylation is 1. The highest BCUT2D eigenvalue weighted by Gasteiger charge is 2.24. The number of likely N-dealkylation sites (tertiary alicyclic amines) is 1. The van der Waals surface area contributed by atoms with E-state index in [-0.39, 0.29) is 6.03 Å². The van der Waals surface area contributed by atoms with Crippen LogP contribution in [0.5, 0.6) is 0 Å². The monoisotopic (exact) mass is 342 g/mol. The van der Waals surface area contributed by atoms with Gasteiger partial charge in [0.25, 0.3) is 0 Å². The molecule has 1 aromatic heterocycles. The number of rotatable bonds is 5. The van der Waals surface area contributed by atoms with Crippen LogP contribution in [0.2, 0.25) is 0 Å². The van der Waals surface area contributed by atoms with Gasteiger partial charge >= 0.3 is 6.03 Å². The van der Waals surface area contributed by atoms with Gasteiger partial charge in [-0.3, -0.25) is 0 Å². The van der Waals surface area contributed by atoms with E-state index >= 15 is 0 Å². The van der Waals surface area contributed by atoms with Crippen molar-refractivity contribution in [1.82, 2.24) is 15.2 Å². The molecule has 0 radical (unpaired) electrons. The molecule has 1 saturated heterocycles. The van der Waals surface area contributed by atoms with Crippen LogP contribution in [0, 0.1) is 12.8 Å². The van der Waals surface area contributed by atoms with Crippen molar-refractivity contribution >= 4 is 11.7 Å². The second-order valence-corrected chi connectivity index (χ2v) is 6.94. The first-order valence-corrected chi connectivity index (χ1v) is 8.83. The Bertz CT molecular complexity index is 726. The summed E-state index contributed by atoms with van der Waals surface area (Å²) >= 11 is 0. The Morgan fingerprint density at radius 3 is 2.96 bits per heavy atom. The van der Waals surface area contributed by atoms with Gasteiger partial charge in [0.15, 0.2) is 0 Å². The van der Waals surface area contributed by atoms with Crippen molar-refractivity contribution in [2.45, 2.75) is 33.2 Å². The zero-order chi connectivity index (χ0) is 17.8. The fourth-order valence-corrected chi connectivity index (χ4v) is 3.13. The lowest BCUT2D eigenvalue weighted by Gasteiger charge is -2.20. The molecule has 3 rings (SSSR count). The Kier molecular flexibility index (Phi) is 5.38. The summed E-state index contributed by atoms with van der Waals surface area (Å²) in [4.78, 5) is 18.8. The summed E-state index contributed by atoms with van der Waals surface area (Å²) < 4.78 is 5.53. The van der Waals surface area contributed by atoms with Crippen molar-refractivity contribution in [3.05, 3.63) is 36.2 Å². The second kappa shape index (κ2) is 7.70. The van der Waals surface area contributed by atoms with Crippen molar-refractivity contribution in [2.75, 3.05) is 25.0 Å². The van der Waals surface area contributed by atoms with Crippen LogP contribution >= 0.6 is 0 Å². The average molecular weight is 342 g/mol. The Hall–Kier alpha value is -2.34. The van der Waals surface area contributed by atoms with Gasteiger partial charge in [-0.2, -0.15) is 0 Å². The molecule has 6 heteroatoms. The van der Waals surface area contributed by atoms with Gasteiger partial charge in [-0.1, -0.05) is 6.07 Å². The van der Waals surface area contributed by atoms with Crippen molar-refractivity contribution < 1.29 is 9.21 Å². The van der Waals surface area contributed by atoms with E-state index < -0.39 is 0 Å². The van der Waals surface area contributed by atoms with Crippen LogP contribution in [0.25, 0.3) is 11.5 Å². The molecule has 2 heterocycles. The molecule has 2 aromatic rings. The maximum Gasteiger partial charge on any atom is 0.319 e. The third-order valence-electron chi connectivity index (χ3n) is 4.59. The van der Waals surface area contributed by atoms with E-state index in [1.54, 1.807) is 6.20 Å². The van der Waals surface area contributed by atoms with Gasteiger partial charge in [0.1, 0.15) is 5.76 Å². The Labute approximate surface area is 148 Å². The number of hydrogen-bond donors (Lipinski definition) is 2. The summed E-state index contributed by atoms with van der Waals surface area (Å²) in [6.45, 7) is 9.15. The van der Waals surface area contributed by atoms with Crippen LogP contribution in [-0.4, -0.2) is 41.6 Å². The molecule has 2 N–H and O–H groups in total. The standard InChI is InChI=1S/C19H26N4O2/c1-13(2)23-8-7-15(12-23)11-21-19(24)22-17-6-4-5-16(9-17)18-20-10-14(3)25-18/h4-6,9-10,13,15H,7-8,11-12H2,1-3H3,(H2,21,22,24)/t15-/m1/s1. The largest absolute Gasteiger partial charge is 0.441 e. The van der Waals surface area contributed by atoms with Crippen molar-refractivity contribution in [3.8, 4) is 11.5 Å². The predicted molar refractivity (Wildman–Crippen MR) is 98.5 cm³/mol. The second-order valence-electron chi connectivity index (χ2n) is 6.94. The summed E-state index contributed by atoms with van der Waals surface area (Å²) in [6.07, 6.45) is 2.82. The minimum atomic E-state index is -0.177. The van der Waals surface area contributed by atoms with E-state index in [2.05, 4.69) is 34.4 Å². The summed E-state index contributed by atoms with van der Waals surface area (Å²) in [6, 6.07) is 7.90. The number of nitrogens with one attached hydrogen (secondary N) is 2. The Balaban J connectivity index is 1.51. The lowest BCUT2D eigenvalue weighted by atomic mass is 10.1. The summed E-state index contributed by atoms with van der Waals surface area (Å²) in [5.41, 5.74) is 1.57. The van der Waals surface area contributed by atoms with E-state index in [1.165, 1.54) is 0 Å².